The Morgan fingerprint density at radius 3 is 0.845 bits per heavy atom. The lowest BCUT2D eigenvalue weighted by Gasteiger charge is -2.18. The summed E-state index contributed by atoms with van der Waals surface area (Å²) in [5.74, 6) is -1.04. The number of rotatable bonds is 47. The van der Waals surface area contributed by atoms with Gasteiger partial charge in [0.15, 0.2) is 6.10 Å². The van der Waals surface area contributed by atoms with Gasteiger partial charge in [0.05, 0.1) is 0 Å². The number of unbranched alkanes of at least 4 members (excludes halogenated alkanes) is 8. The summed E-state index contributed by atoms with van der Waals surface area (Å²) >= 11 is 0. The van der Waals surface area contributed by atoms with Gasteiger partial charge in [-0.3, -0.25) is 14.4 Å². The van der Waals surface area contributed by atoms with Crippen LogP contribution in [-0.2, 0) is 28.6 Å². The van der Waals surface area contributed by atoms with Crippen molar-refractivity contribution < 1.29 is 28.6 Å². The van der Waals surface area contributed by atoms with Crippen molar-refractivity contribution in [3.8, 4) is 0 Å². The Kier molecular flexibility index (Phi) is 53.1. The topological polar surface area (TPSA) is 78.9 Å². The Balaban J connectivity index is 4.34. The number of ether oxygens (including phenoxy) is 3. The smallest absolute Gasteiger partial charge is 0.306 e. The molecule has 1 atom stereocenters. The molecule has 0 aliphatic rings. The first-order valence-corrected chi connectivity index (χ1v) is 27.6. The van der Waals surface area contributed by atoms with Gasteiger partial charge < -0.3 is 14.2 Å². The molecule has 6 nitrogen and oxygen atoms in total. The number of carbonyl (C=O) groups is 3. The van der Waals surface area contributed by atoms with E-state index in [1.807, 2.05) is 0 Å². The molecule has 0 heterocycles. The Bertz CT molecular complexity index is 1690. The van der Waals surface area contributed by atoms with Crippen molar-refractivity contribution in [2.75, 3.05) is 13.2 Å². The lowest BCUT2D eigenvalue weighted by molar-refractivity contribution is -0.167. The third-order valence-electron chi connectivity index (χ3n) is 10.7. The second-order valence-electron chi connectivity index (χ2n) is 17.4. The molecule has 0 aliphatic carbocycles. The maximum Gasteiger partial charge on any atom is 0.306 e. The van der Waals surface area contributed by atoms with Gasteiger partial charge in [0.25, 0.3) is 0 Å². The molecule has 0 radical (unpaired) electrons. The van der Waals surface area contributed by atoms with Crippen LogP contribution in [0.4, 0.5) is 0 Å². The lowest BCUT2D eigenvalue weighted by Crippen LogP contribution is -2.30. The van der Waals surface area contributed by atoms with Crippen LogP contribution in [-0.4, -0.2) is 37.2 Å². The van der Waals surface area contributed by atoms with E-state index in [9.17, 15) is 14.4 Å². The fourth-order valence-corrected chi connectivity index (χ4v) is 6.63. The summed E-state index contributed by atoms with van der Waals surface area (Å²) in [6, 6.07) is 0. The van der Waals surface area contributed by atoms with E-state index in [2.05, 4.69) is 191 Å². The van der Waals surface area contributed by atoms with Crippen LogP contribution in [0.3, 0.4) is 0 Å². The summed E-state index contributed by atoms with van der Waals surface area (Å²) in [5, 5.41) is 0. The van der Waals surface area contributed by atoms with Gasteiger partial charge in [-0.05, 0) is 135 Å². The molecule has 394 valence electrons. The fraction of sp³-hybridized carbons (Fsp3) is 0.523. The second-order valence-corrected chi connectivity index (χ2v) is 17.4. The van der Waals surface area contributed by atoms with E-state index >= 15 is 0 Å². The quantitative estimate of drug-likeness (QED) is 0.0262. The van der Waals surface area contributed by atoms with E-state index in [4.69, 9.17) is 14.2 Å². The standard InChI is InChI=1S/C65H98O6/c1-4-7-10-13-15-17-19-21-23-25-27-29-30-31-32-33-34-36-37-39-41-43-45-47-49-52-55-58-64(67)70-61-62(60-69-63(66)57-54-51-12-9-6-3)71-65(68)59-56-53-50-48-46-44-42-40-38-35-28-26-24-22-20-18-16-14-11-8-5-2/h7-8,10-11,15-18,21-24,27-29,31-32,34-36,39-42,45-48,62H,4-6,9,12-14,19-20,25-26,30,33,37-38,43-44,49-61H2,1-3H3/b10-7-,11-8-,17-15-,18-16-,23-21-,24-22-,29-27-,32-31-,35-28-,36-34-,41-39-,42-40-,47-45-,48-46-. The minimum atomic E-state index is -0.825. The van der Waals surface area contributed by atoms with Crippen LogP contribution in [0.25, 0.3) is 0 Å². The van der Waals surface area contributed by atoms with Crippen molar-refractivity contribution >= 4 is 17.9 Å². The molecule has 0 aliphatic heterocycles. The molecule has 0 fully saturated rings. The molecule has 0 saturated carbocycles. The van der Waals surface area contributed by atoms with E-state index in [0.717, 1.165) is 148 Å². The SMILES string of the molecule is CC/C=C\C/C=C\C/C=C\C/C=C\C/C=C\C/C=C\C/C=C\C/C=C\CCCCC(=O)OCC(COC(=O)CCCCCCC)OC(=O)CCCC/C=C\C/C=C\C/C=C\C/C=C\C/C=C\C/C=C\CC. The van der Waals surface area contributed by atoms with Crippen LogP contribution in [0.1, 0.15) is 201 Å². The Hall–Kier alpha value is -5.23. The largest absolute Gasteiger partial charge is 0.462 e. The minimum Gasteiger partial charge on any atom is -0.462 e. The van der Waals surface area contributed by atoms with Crippen LogP contribution >= 0.6 is 0 Å². The Labute approximate surface area is 434 Å². The molecule has 1 unspecified atom stereocenters. The van der Waals surface area contributed by atoms with Crippen LogP contribution in [0, 0.1) is 0 Å². The van der Waals surface area contributed by atoms with Crippen molar-refractivity contribution in [1.82, 2.24) is 0 Å². The molecule has 0 spiro atoms. The monoisotopic (exact) mass is 975 g/mol. The third-order valence-corrected chi connectivity index (χ3v) is 10.7. The van der Waals surface area contributed by atoms with Crippen molar-refractivity contribution in [3.05, 3.63) is 170 Å². The van der Waals surface area contributed by atoms with Crippen LogP contribution < -0.4 is 0 Å². The molecule has 71 heavy (non-hydrogen) atoms. The van der Waals surface area contributed by atoms with Gasteiger partial charge >= 0.3 is 17.9 Å². The van der Waals surface area contributed by atoms with Crippen molar-refractivity contribution in [3.63, 3.8) is 0 Å². The molecule has 0 rings (SSSR count). The highest BCUT2D eigenvalue weighted by Crippen LogP contribution is 2.10. The summed E-state index contributed by atoms with van der Waals surface area (Å²) in [5.41, 5.74) is 0. The van der Waals surface area contributed by atoms with Crippen molar-refractivity contribution in [2.45, 2.75) is 207 Å². The molecular weight excluding hydrogens is 877 g/mol. The molecule has 0 aromatic heterocycles. The van der Waals surface area contributed by atoms with Gasteiger partial charge in [0.2, 0.25) is 0 Å². The van der Waals surface area contributed by atoms with Crippen LogP contribution in [0.15, 0.2) is 170 Å². The van der Waals surface area contributed by atoms with Gasteiger partial charge in [-0.2, -0.15) is 0 Å². The minimum absolute atomic E-state index is 0.119. The van der Waals surface area contributed by atoms with E-state index in [1.54, 1.807) is 0 Å². The van der Waals surface area contributed by atoms with Crippen LogP contribution in [0.2, 0.25) is 0 Å². The van der Waals surface area contributed by atoms with Crippen molar-refractivity contribution in [2.24, 2.45) is 0 Å². The first-order chi connectivity index (χ1) is 35.0. The molecule has 6 heteroatoms. The van der Waals surface area contributed by atoms with Gasteiger partial charge in [0, 0.05) is 19.3 Å². The Morgan fingerprint density at radius 1 is 0.296 bits per heavy atom. The fourth-order valence-electron chi connectivity index (χ4n) is 6.63. The Morgan fingerprint density at radius 2 is 0.549 bits per heavy atom. The summed E-state index contributed by atoms with van der Waals surface area (Å²) in [7, 11) is 0. The number of allylic oxidation sites excluding steroid dienone is 28. The number of hydrogen-bond donors (Lipinski definition) is 0. The zero-order chi connectivity index (χ0) is 51.4. The highest BCUT2D eigenvalue weighted by atomic mass is 16.6. The number of hydrogen-bond acceptors (Lipinski definition) is 6. The molecule has 0 aromatic carbocycles. The van der Waals surface area contributed by atoms with E-state index in [1.165, 1.54) is 0 Å². The zero-order valence-electron chi connectivity index (χ0n) is 44.9. The van der Waals surface area contributed by atoms with Gasteiger partial charge in [-0.15, -0.1) is 0 Å². The first kappa shape index (κ1) is 65.8. The van der Waals surface area contributed by atoms with Gasteiger partial charge in [0.1, 0.15) is 13.2 Å². The summed E-state index contributed by atoms with van der Waals surface area (Å²) in [4.78, 5) is 37.7. The lowest BCUT2D eigenvalue weighted by atomic mass is 10.1. The summed E-state index contributed by atoms with van der Waals surface area (Å²) < 4.78 is 16.6. The summed E-state index contributed by atoms with van der Waals surface area (Å²) in [6.45, 7) is 6.22. The molecular formula is C65H98O6. The molecule has 0 saturated heterocycles. The average molecular weight is 975 g/mol. The molecule has 0 bridgehead atoms. The van der Waals surface area contributed by atoms with E-state index in [-0.39, 0.29) is 44.0 Å². The third kappa shape index (κ3) is 55.6. The normalized spacial score (nSPS) is 13.5. The molecule has 0 aromatic rings. The molecule has 0 amide bonds. The zero-order valence-corrected chi connectivity index (χ0v) is 44.9. The van der Waals surface area contributed by atoms with E-state index in [0.29, 0.717) is 19.3 Å². The average Bonchev–Trinajstić information content (AvgIpc) is 3.37. The summed E-state index contributed by atoms with van der Waals surface area (Å²) in [6.07, 6.45) is 85.3. The predicted molar refractivity (Wildman–Crippen MR) is 306 cm³/mol. The highest BCUT2D eigenvalue weighted by Gasteiger charge is 2.19. The van der Waals surface area contributed by atoms with Crippen LogP contribution in [0.5, 0.6) is 0 Å². The number of carbonyl (C=O) groups excluding carboxylic acids is 3. The van der Waals surface area contributed by atoms with Crippen molar-refractivity contribution in [1.29, 1.82) is 0 Å². The maximum absolute atomic E-state index is 12.8. The first-order valence-electron chi connectivity index (χ1n) is 27.6. The highest BCUT2D eigenvalue weighted by molar-refractivity contribution is 5.71. The van der Waals surface area contributed by atoms with Gasteiger partial charge in [-0.25, -0.2) is 0 Å². The molecule has 0 N–H and O–H groups in total. The number of esters is 3. The predicted octanol–water partition coefficient (Wildman–Crippen LogP) is 18.8. The maximum atomic E-state index is 12.8. The van der Waals surface area contributed by atoms with E-state index < -0.39 is 6.10 Å². The second kappa shape index (κ2) is 57.3. The van der Waals surface area contributed by atoms with Gasteiger partial charge in [-0.1, -0.05) is 217 Å².